The summed E-state index contributed by atoms with van der Waals surface area (Å²) in [5.41, 5.74) is 0.148. The summed E-state index contributed by atoms with van der Waals surface area (Å²) in [5, 5.41) is 13.2. The van der Waals surface area contributed by atoms with E-state index in [4.69, 9.17) is 0 Å². The Kier molecular flexibility index (Phi) is 3.31. The molecule has 4 heteroatoms. The Hall–Kier alpha value is -2.46. The fourth-order valence-electron chi connectivity index (χ4n) is 2.65. The molecule has 0 fully saturated rings. The lowest BCUT2D eigenvalue weighted by molar-refractivity contribution is -0.139. The zero-order valence-electron chi connectivity index (χ0n) is 11.4. The summed E-state index contributed by atoms with van der Waals surface area (Å²) in [7, 11) is 0. The van der Waals surface area contributed by atoms with E-state index in [0.717, 1.165) is 5.56 Å². The summed E-state index contributed by atoms with van der Waals surface area (Å²) in [6.07, 6.45) is -0.0106. The number of benzene rings is 2. The lowest BCUT2D eigenvalue weighted by Gasteiger charge is -2.19. The van der Waals surface area contributed by atoms with Gasteiger partial charge in [0.1, 0.15) is 5.78 Å². The molecule has 2 aromatic carbocycles. The topological polar surface area (TPSA) is 66.4 Å². The van der Waals surface area contributed by atoms with Crippen LogP contribution in [0.5, 0.6) is 0 Å². The maximum absolute atomic E-state index is 12.2. The molecular formula is C17H15NO3. The van der Waals surface area contributed by atoms with E-state index in [1.165, 1.54) is 0 Å². The van der Waals surface area contributed by atoms with E-state index in [9.17, 15) is 14.7 Å². The zero-order chi connectivity index (χ0) is 14.9. The molecule has 2 aromatic rings. The second kappa shape index (κ2) is 5.14. The summed E-state index contributed by atoms with van der Waals surface area (Å²) < 4.78 is 0. The third-order valence-corrected chi connectivity index (χ3v) is 3.69. The summed E-state index contributed by atoms with van der Waals surface area (Å²) in [6.45, 7) is 0. The monoisotopic (exact) mass is 281 g/mol. The maximum atomic E-state index is 12.2. The summed E-state index contributed by atoms with van der Waals surface area (Å²) in [6, 6.07) is 16.2. The van der Waals surface area contributed by atoms with Gasteiger partial charge in [-0.1, -0.05) is 48.5 Å². The van der Waals surface area contributed by atoms with Crippen LogP contribution in [0.4, 0.5) is 5.69 Å². The van der Waals surface area contributed by atoms with Gasteiger partial charge in [0.25, 0.3) is 5.91 Å². The number of hydrogen-bond acceptors (Lipinski definition) is 3. The normalized spacial score (nSPS) is 20.0. The van der Waals surface area contributed by atoms with Crippen molar-refractivity contribution in [2.24, 2.45) is 0 Å². The Morgan fingerprint density at radius 2 is 1.71 bits per heavy atom. The van der Waals surface area contributed by atoms with Gasteiger partial charge in [-0.2, -0.15) is 0 Å². The Balaban J connectivity index is 1.81. The third-order valence-electron chi connectivity index (χ3n) is 3.69. The summed E-state index contributed by atoms with van der Waals surface area (Å²) in [5.74, 6) is -0.708. The molecule has 4 nitrogen and oxygen atoms in total. The third kappa shape index (κ3) is 2.45. The van der Waals surface area contributed by atoms with Gasteiger partial charge < -0.3 is 10.4 Å². The van der Waals surface area contributed by atoms with Crippen LogP contribution in [0.15, 0.2) is 54.6 Å². The Morgan fingerprint density at radius 1 is 1.05 bits per heavy atom. The second-order valence-corrected chi connectivity index (χ2v) is 5.24. The van der Waals surface area contributed by atoms with Crippen LogP contribution in [0.25, 0.3) is 0 Å². The Morgan fingerprint density at radius 3 is 2.48 bits per heavy atom. The highest BCUT2D eigenvalue weighted by molar-refractivity contribution is 6.07. The van der Waals surface area contributed by atoms with Crippen molar-refractivity contribution < 1.29 is 14.7 Å². The van der Waals surface area contributed by atoms with Crippen LogP contribution in [0.1, 0.15) is 17.5 Å². The van der Waals surface area contributed by atoms with Gasteiger partial charge >= 0.3 is 0 Å². The number of amides is 1. The number of aliphatic hydroxyl groups is 1. The average Bonchev–Trinajstić information content (AvgIpc) is 2.72. The Labute approximate surface area is 122 Å². The predicted molar refractivity (Wildman–Crippen MR) is 78.7 cm³/mol. The molecule has 1 aliphatic heterocycles. The van der Waals surface area contributed by atoms with Gasteiger partial charge in [-0.25, -0.2) is 0 Å². The first kappa shape index (κ1) is 13.5. The number of fused-ring (bicyclic) bond motifs is 1. The molecule has 0 aromatic heterocycles. The van der Waals surface area contributed by atoms with Crippen molar-refractivity contribution in [1.82, 2.24) is 0 Å². The van der Waals surface area contributed by atoms with Gasteiger partial charge in [-0.15, -0.1) is 0 Å². The zero-order valence-corrected chi connectivity index (χ0v) is 11.4. The van der Waals surface area contributed by atoms with Gasteiger partial charge in [0.2, 0.25) is 0 Å². The smallest absolute Gasteiger partial charge is 0.261 e. The first-order valence-electron chi connectivity index (χ1n) is 6.78. The van der Waals surface area contributed by atoms with Crippen LogP contribution in [-0.4, -0.2) is 16.8 Å². The number of para-hydroxylation sites is 1. The minimum absolute atomic E-state index is 0.171. The molecule has 0 saturated carbocycles. The van der Waals surface area contributed by atoms with Crippen molar-refractivity contribution >= 4 is 17.4 Å². The molecule has 3 rings (SSSR count). The molecule has 0 unspecified atom stereocenters. The van der Waals surface area contributed by atoms with Crippen molar-refractivity contribution in [1.29, 1.82) is 0 Å². The van der Waals surface area contributed by atoms with E-state index >= 15 is 0 Å². The maximum Gasteiger partial charge on any atom is 0.261 e. The second-order valence-electron chi connectivity index (χ2n) is 5.24. The van der Waals surface area contributed by atoms with Gasteiger partial charge in [0.15, 0.2) is 5.60 Å². The first-order valence-corrected chi connectivity index (χ1v) is 6.78. The number of ketones is 1. The molecule has 0 saturated heterocycles. The van der Waals surface area contributed by atoms with Crippen LogP contribution in [0.2, 0.25) is 0 Å². The number of nitrogens with one attached hydrogen (secondary N) is 1. The number of carbonyl (C=O) groups excluding carboxylic acids is 2. The fourth-order valence-corrected chi connectivity index (χ4v) is 2.65. The summed E-state index contributed by atoms with van der Waals surface area (Å²) >= 11 is 0. The Bertz CT molecular complexity index is 696. The molecule has 1 amide bonds. The van der Waals surface area contributed by atoms with Crippen LogP contribution in [0, 0.1) is 0 Å². The fraction of sp³-hybridized carbons (Fsp3) is 0.176. The van der Waals surface area contributed by atoms with Gasteiger partial charge in [-0.3, -0.25) is 9.59 Å². The molecule has 1 atom stereocenters. The summed E-state index contributed by atoms with van der Waals surface area (Å²) in [4.78, 5) is 24.2. The largest absolute Gasteiger partial charge is 0.375 e. The SMILES string of the molecule is O=C(Cc1ccccc1)C[C@]1(O)C(=O)Nc2ccccc21. The number of hydrogen-bond donors (Lipinski definition) is 2. The lowest BCUT2D eigenvalue weighted by Crippen LogP contribution is -2.36. The van der Waals surface area contributed by atoms with Gasteiger partial charge in [-0.05, 0) is 11.6 Å². The molecule has 2 N–H and O–H groups in total. The van der Waals surface area contributed by atoms with Crippen LogP contribution in [-0.2, 0) is 21.6 Å². The van der Waals surface area contributed by atoms with E-state index in [1.807, 2.05) is 30.3 Å². The van der Waals surface area contributed by atoms with E-state index in [-0.39, 0.29) is 18.6 Å². The standard InChI is InChI=1S/C17H15NO3/c19-13(10-12-6-2-1-3-7-12)11-17(21)14-8-4-5-9-15(14)18-16(17)20/h1-9,21H,10-11H2,(H,18,20)/t17-/m1/s1. The lowest BCUT2D eigenvalue weighted by atomic mass is 9.88. The molecule has 1 aliphatic rings. The molecule has 0 aliphatic carbocycles. The predicted octanol–water partition coefficient (Wildman–Crippen LogP) is 2.03. The average molecular weight is 281 g/mol. The quantitative estimate of drug-likeness (QED) is 0.901. The molecule has 1 heterocycles. The molecule has 0 spiro atoms. The number of carbonyl (C=O) groups is 2. The molecular weight excluding hydrogens is 266 g/mol. The van der Waals surface area contributed by atoms with E-state index in [2.05, 4.69) is 5.32 Å². The molecule has 0 bridgehead atoms. The minimum atomic E-state index is -1.76. The highest BCUT2D eigenvalue weighted by Gasteiger charge is 2.46. The van der Waals surface area contributed by atoms with E-state index in [1.54, 1.807) is 24.3 Å². The van der Waals surface area contributed by atoms with Gasteiger partial charge in [0, 0.05) is 24.1 Å². The molecule has 21 heavy (non-hydrogen) atoms. The van der Waals surface area contributed by atoms with Crippen molar-refractivity contribution in [2.45, 2.75) is 18.4 Å². The number of anilines is 1. The number of Topliss-reactive ketones (excluding diaryl/α,β-unsaturated/α-hetero) is 1. The van der Waals surface area contributed by atoms with Crippen molar-refractivity contribution in [2.75, 3.05) is 5.32 Å². The highest BCUT2D eigenvalue weighted by Crippen LogP contribution is 2.38. The van der Waals surface area contributed by atoms with Crippen LogP contribution >= 0.6 is 0 Å². The van der Waals surface area contributed by atoms with Crippen LogP contribution in [0.3, 0.4) is 0 Å². The molecule has 106 valence electrons. The highest BCUT2D eigenvalue weighted by atomic mass is 16.3. The van der Waals surface area contributed by atoms with E-state index in [0.29, 0.717) is 11.3 Å². The van der Waals surface area contributed by atoms with Crippen molar-refractivity contribution in [3.63, 3.8) is 0 Å². The molecule has 0 radical (unpaired) electrons. The van der Waals surface area contributed by atoms with Crippen molar-refractivity contribution in [3.05, 3.63) is 65.7 Å². The van der Waals surface area contributed by atoms with Crippen molar-refractivity contribution in [3.8, 4) is 0 Å². The minimum Gasteiger partial charge on any atom is -0.375 e. The first-order chi connectivity index (χ1) is 10.1. The number of rotatable bonds is 4. The van der Waals surface area contributed by atoms with Gasteiger partial charge in [0.05, 0.1) is 0 Å². The van der Waals surface area contributed by atoms with E-state index < -0.39 is 11.5 Å². The van der Waals surface area contributed by atoms with Crippen LogP contribution < -0.4 is 5.32 Å².